The fourth-order valence-electron chi connectivity index (χ4n) is 3.77. The van der Waals surface area contributed by atoms with Crippen molar-refractivity contribution in [2.24, 2.45) is 16.3 Å². The molecule has 2 heterocycles. The van der Waals surface area contributed by atoms with Crippen LogP contribution in [0.5, 0.6) is 0 Å². The molecule has 0 aliphatic carbocycles. The molecule has 0 amide bonds. The molecule has 2 atom stereocenters. The van der Waals surface area contributed by atoms with Crippen LogP contribution in [0.15, 0.2) is 35.3 Å². The number of piperidine rings is 1. The zero-order valence-electron chi connectivity index (χ0n) is 15.7. The number of aliphatic imine (C=N–C) groups is 1. The van der Waals surface area contributed by atoms with Crippen LogP contribution < -0.4 is 5.32 Å². The number of benzene rings is 1. The lowest BCUT2D eigenvalue weighted by molar-refractivity contribution is -0.0946. The number of nitrogens with one attached hydrogen (secondary N) is 1. The smallest absolute Gasteiger partial charge is 0.193 e. The lowest BCUT2D eigenvalue weighted by atomic mass is 9.82. The second kappa shape index (κ2) is 9.21. The molecule has 0 bridgehead atoms. The molecule has 25 heavy (non-hydrogen) atoms. The van der Waals surface area contributed by atoms with E-state index >= 15 is 0 Å². The minimum atomic E-state index is 0. The standard InChI is InChI=1S/C20H31N3O.HI/c1-4-21-19(22-13-20(3)14-24-15-20)23-11-10-18(16(2)12-23)17-8-6-5-7-9-17;/h5-9,16,18H,4,10-15H2,1-3H3,(H,21,22);1H. The average Bonchev–Trinajstić information content (AvgIpc) is 2.57. The van der Waals surface area contributed by atoms with Crippen molar-refractivity contribution in [2.45, 2.75) is 33.1 Å². The Balaban J connectivity index is 0.00000225. The summed E-state index contributed by atoms with van der Waals surface area (Å²) >= 11 is 0. The Hall–Kier alpha value is -0.820. The zero-order valence-corrected chi connectivity index (χ0v) is 18.0. The maximum absolute atomic E-state index is 5.35. The Morgan fingerprint density at radius 3 is 2.60 bits per heavy atom. The second-order valence-electron chi connectivity index (χ2n) is 7.70. The fraction of sp³-hybridized carbons (Fsp3) is 0.650. The van der Waals surface area contributed by atoms with Gasteiger partial charge in [0.05, 0.1) is 19.8 Å². The summed E-state index contributed by atoms with van der Waals surface area (Å²) in [4.78, 5) is 7.36. The van der Waals surface area contributed by atoms with Gasteiger partial charge in [-0.2, -0.15) is 0 Å². The molecule has 4 nitrogen and oxygen atoms in total. The van der Waals surface area contributed by atoms with Crippen LogP contribution in [0.25, 0.3) is 0 Å². The molecule has 1 aromatic rings. The molecule has 3 rings (SSSR count). The summed E-state index contributed by atoms with van der Waals surface area (Å²) in [5.41, 5.74) is 1.71. The molecule has 0 spiro atoms. The monoisotopic (exact) mass is 457 g/mol. The normalized spacial score (nSPS) is 25.7. The van der Waals surface area contributed by atoms with Gasteiger partial charge in [0.15, 0.2) is 5.96 Å². The molecule has 2 aliphatic heterocycles. The molecule has 5 heteroatoms. The van der Waals surface area contributed by atoms with Crippen molar-refractivity contribution >= 4 is 29.9 Å². The summed E-state index contributed by atoms with van der Waals surface area (Å²) in [6.45, 7) is 12.3. The van der Waals surface area contributed by atoms with Crippen LogP contribution in [-0.2, 0) is 4.74 Å². The number of nitrogens with zero attached hydrogens (tertiary/aromatic N) is 2. The van der Waals surface area contributed by atoms with Gasteiger partial charge in [-0.1, -0.05) is 44.2 Å². The number of hydrogen-bond donors (Lipinski definition) is 1. The van der Waals surface area contributed by atoms with E-state index in [0.29, 0.717) is 11.8 Å². The summed E-state index contributed by atoms with van der Waals surface area (Å²) < 4.78 is 5.35. The molecular weight excluding hydrogens is 425 g/mol. The van der Waals surface area contributed by atoms with Crippen molar-refractivity contribution < 1.29 is 4.74 Å². The van der Waals surface area contributed by atoms with Crippen LogP contribution >= 0.6 is 24.0 Å². The fourth-order valence-corrected chi connectivity index (χ4v) is 3.77. The van der Waals surface area contributed by atoms with E-state index in [-0.39, 0.29) is 29.4 Å². The Bertz CT molecular complexity index is 559. The van der Waals surface area contributed by atoms with Gasteiger partial charge in [-0.15, -0.1) is 24.0 Å². The van der Waals surface area contributed by atoms with E-state index in [1.165, 1.54) is 12.0 Å². The first-order valence-electron chi connectivity index (χ1n) is 9.27. The van der Waals surface area contributed by atoms with Crippen LogP contribution in [0.2, 0.25) is 0 Å². The lowest BCUT2D eigenvalue weighted by Crippen LogP contribution is -2.49. The Morgan fingerprint density at radius 1 is 1.32 bits per heavy atom. The van der Waals surface area contributed by atoms with E-state index in [1.54, 1.807) is 0 Å². The summed E-state index contributed by atoms with van der Waals surface area (Å²) in [6, 6.07) is 11.0. The number of halogens is 1. The van der Waals surface area contributed by atoms with Crippen molar-refractivity contribution in [3.63, 3.8) is 0 Å². The predicted octanol–water partition coefficient (Wildman–Crippen LogP) is 3.73. The van der Waals surface area contributed by atoms with Crippen molar-refractivity contribution in [3.05, 3.63) is 35.9 Å². The summed E-state index contributed by atoms with van der Waals surface area (Å²) in [7, 11) is 0. The molecule has 0 aromatic heterocycles. The summed E-state index contributed by atoms with van der Waals surface area (Å²) in [6.07, 6.45) is 1.19. The highest BCUT2D eigenvalue weighted by molar-refractivity contribution is 14.0. The third-order valence-electron chi connectivity index (χ3n) is 5.28. The summed E-state index contributed by atoms with van der Waals surface area (Å²) in [5, 5.41) is 3.48. The number of likely N-dealkylation sites (tertiary alicyclic amines) is 1. The second-order valence-corrected chi connectivity index (χ2v) is 7.70. The Kier molecular flexibility index (Phi) is 7.55. The van der Waals surface area contributed by atoms with Gasteiger partial charge in [0.2, 0.25) is 0 Å². The first-order chi connectivity index (χ1) is 11.6. The SMILES string of the molecule is CCNC(=NCC1(C)COC1)N1CCC(c2ccccc2)C(C)C1.I. The first kappa shape index (κ1) is 20.5. The van der Waals surface area contributed by atoms with E-state index in [2.05, 4.69) is 61.3 Å². The minimum Gasteiger partial charge on any atom is -0.380 e. The molecular formula is C20H32IN3O. The maximum atomic E-state index is 5.35. The van der Waals surface area contributed by atoms with Gasteiger partial charge in [0.25, 0.3) is 0 Å². The predicted molar refractivity (Wildman–Crippen MR) is 115 cm³/mol. The van der Waals surface area contributed by atoms with Crippen LogP contribution in [0.1, 0.15) is 38.7 Å². The molecule has 2 saturated heterocycles. The highest BCUT2D eigenvalue weighted by Crippen LogP contribution is 2.33. The van der Waals surface area contributed by atoms with Gasteiger partial charge < -0.3 is 15.0 Å². The van der Waals surface area contributed by atoms with Gasteiger partial charge in [-0.3, -0.25) is 4.99 Å². The van der Waals surface area contributed by atoms with Gasteiger partial charge in [0.1, 0.15) is 0 Å². The van der Waals surface area contributed by atoms with Crippen molar-refractivity contribution in [1.82, 2.24) is 10.2 Å². The first-order valence-corrected chi connectivity index (χ1v) is 9.27. The number of hydrogen-bond acceptors (Lipinski definition) is 2. The quantitative estimate of drug-likeness (QED) is 0.426. The molecule has 0 radical (unpaired) electrons. The zero-order chi connectivity index (χ0) is 17.0. The molecule has 1 N–H and O–H groups in total. The molecule has 140 valence electrons. The molecule has 0 saturated carbocycles. The largest absolute Gasteiger partial charge is 0.380 e. The summed E-state index contributed by atoms with van der Waals surface area (Å²) in [5.74, 6) is 2.36. The lowest BCUT2D eigenvalue weighted by Gasteiger charge is -2.40. The van der Waals surface area contributed by atoms with Crippen molar-refractivity contribution in [2.75, 3.05) is 39.4 Å². The van der Waals surface area contributed by atoms with Crippen molar-refractivity contribution in [1.29, 1.82) is 0 Å². The maximum Gasteiger partial charge on any atom is 0.193 e. The van der Waals surface area contributed by atoms with Gasteiger partial charge in [-0.05, 0) is 30.7 Å². The third-order valence-corrected chi connectivity index (χ3v) is 5.28. The van der Waals surface area contributed by atoms with Gasteiger partial charge in [0, 0.05) is 25.0 Å². The highest BCUT2D eigenvalue weighted by Gasteiger charge is 2.34. The number of guanidine groups is 1. The number of ether oxygens (including phenoxy) is 1. The van der Waals surface area contributed by atoms with E-state index in [1.807, 2.05) is 0 Å². The highest BCUT2D eigenvalue weighted by atomic mass is 127. The Labute approximate surface area is 169 Å². The molecule has 2 fully saturated rings. The van der Waals surface area contributed by atoms with Gasteiger partial charge >= 0.3 is 0 Å². The van der Waals surface area contributed by atoms with Crippen LogP contribution in [0, 0.1) is 11.3 Å². The molecule has 1 aromatic carbocycles. The van der Waals surface area contributed by atoms with E-state index in [4.69, 9.17) is 9.73 Å². The average molecular weight is 457 g/mol. The number of rotatable bonds is 4. The van der Waals surface area contributed by atoms with Crippen LogP contribution in [0.3, 0.4) is 0 Å². The topological polar surface area (TPSA) is 36.9 Å². The Morgan fingerprint density at radius 2 is 2.04 bits per heavy atom. The third kappa shape index (κ3) is 5.09. The van der Waals surface area contributed by atoms with Crippen molar-refractivity contribution in [3.8, 4) is 0 Å². The molecule has 2 aliphatic rings. The minimum absolute atomic E-state index is 0. The van der Waals surface area contributed by atoms with Crippen LogP contribution in [-0.4, -0.2) is 50.3 Å². The van der Waals surface area contributed by atoms with E-state index in [9.17, 15) is 0 Å². The van der Waals surface area contributed by atoms with E-state index in [0.717, 1.165) is 45.4 Å². The van der Waals surface area contributed by atoms with E-state index < -0.39 is 0 Å². The molecule has 2 unspecified atom stereocenters. The van der Waals surface area contributed by atoms with Gasteiger partial charge in [-0.25, -0.2) is 0 Å². The van der Waals surface area contributed by atoms with Crippen LogP contribution in [0.4, 0.5) is 0 Å².